The number of pyridine rings is 1. The summed E-state index contributed by atoms with van der Waals surface area (Å²) in [6.07, 6.45) is 4.07. The van der Waals surface area contributed by atoms with Gasteiger partial charge in [0.15, 0.2) is 0 Å². The third-order valence-corrected chi connectivity index (χ3v) is 3.76. The van der Waals surface area contributed by atoms with Gasteiger partial charge in [-0.05, 0) is 50.5 Å². The Bertz CT molecular complexity index is 427. The molecule has 104 valence electrons. The molecule has 1 aliphatic heterocycles. The molecule has 19 heavy (non-hydrogen) atoms. The van der Waals surface area contributed by atoms with Crippen molar-refractivity contribution in [2.75, 3.05) is 31.5 Å². The van der Waals surface area contributed by atoms with Crippen LogP contribution in [-0.2, 0) is 0 Å². The molecule has 0 radical (unpaired) electrons. The zero-order chi connectivity index (χ0) is 13.7. The van der Waals surface area contributed by atoms with E-state index in [4.69, 9.17) is 5.73 Å². The second-order valence-electron chi connectivity index (χ2n) is 5.05. The number of amides is 1. The summed E-state index contributed by atoms with van der Waals surface area (Å²) >= 11 is 0. The van der Waals surface area contributed by atoms with Gasteiger partial charge < -0.3 is 16.0 Å². The van der Waals surface area contributed by atoms with Crippen molar-refractivity contribution in [1.82, 2.24) is 9.88 Å². The van der Waals surface area contributed by atoms with Crippen LogP contribution in [0.5, 0.6) is 0 Å². The Morgan fingerprint density at radius 2 is 2.26 bits per heavy atom. The first-order valence-corrected chi connectivity index (χ1v) is 6.91. The SMILES string of the molecule is CCN1CCC(CNc2ccnc(C(N)=O)c2)CC1. The lowest BCUT2D eigenvalue weighted by Gasteiger charge is -2.31. The van der Waals surface area contributed by atoms with Gasteiger partial charge in [0.2, 0.25) is 0 Å². The van der Waals surface area contributed by atoms with Gasteiger partial charge in [0.25, 0.3) is 5.91 Å². The van der Waals surface area contributed by atoms with E-state index in [2.05, 4.69) is 22.1 Å². The van der Waals surface area contributed by atoms with Crippen LogP contribution in [0.25, 0.3) is 0 Å². The van der Waals surface area contributed by atoms with Crippen LogP contribution in [0.3, 0.4) is 0 Å². The number of likely N-dealkylation sites (tertiary alicyclic amines) is 1. The fourth-order valence-corrected chi connectivity index (χ4v) is 2.44. The van der Waals surface area contributed by atoms with Crippen molar-refractivity contribution >= 4 is 11.6 Å². The van der Waals surface area contributed by atoms with E-state index in [0.29, 0.717) is 11.6 Å². The number of carbonyl (C=O) groups is 1. The molecule has 0 spiro atoms. The molecule has 0 atom stereocenters. The number of hydrogen-bond donors (Lipinski definition) is 2. The Labute approximate surface area is 114 Å². The van der Waals surface area contributed by atoms with Crippen molar-refractivity contribution in [1.29, 1.82) is 0 Å². The third kappa shape index (κ3) is 3.92. The van der Waals surface area contributed by atoms with Gasteiger partial charge in [-0.15, -0.1) is 0 Å². The molecule has 2 heterocycles. The number of nitrogens with zero attached hydrogens (tertiary/aromatic N) is 2. The molecule has 0 saturated carbocycles. The summed E-state index contributed by atoms with van der Waals surface area (Å²) in [6.45, 7) is 6.67. The average molecular weight is 262 g/mol. The Morgan fingerprint density at radius 1 is 1.53 bits per heavy atom. The van der Waals surface area contributed by atoms with E-state index >= 15 is 0 Å². The molecule has 1 fully saturated rings. The number of hydrogen-bond acceptors (Lipinski definition) is 4. The fourth-order valence-electron chi connectivity index (χ4n) is 2.44. The lowest BCUT2D eigenvalue weighted by molar-refractivity contribution is 0.0995. The molecule has 0 aromatic carbocycles. The smallest absolute Gasteiger partial charge is 0.267 e. The third-order valence-electron chi connectivity index (χ3n) is 3.76. The summed E-state index contributed by atoms with van der Waals surface area (Å²) in [4.78, 5) is 17.5. The monoisotopic (exact) mass is 262 g/mol. The molecule has 0 unspecified atom stereocenters. The number of rotatable bonds is 5. The Morgan fingerprint density at radius 3 is 2.89 bits per heavy atom. The molecule has 2 rings (SSSR count). The van der Waals surface area contributed by atoms with Crippen LogP contribution in [0.15, 0.2) is 18.3 Å². The largest absolute Gasteiger partial charge is 0.385 e. The summed E-state index contributed by atoms with van der Waals surface area (Å²) < 4.78 is 0. The van der Waals surface area contributed by atoms with Gasteiger partial charge in [-0.25, -0.2) is 0 Å². The van der Waals surface area contributed by atoms with Gasteiger partial charge in [-0.2, -0.15) is 0 Å². The van der Waals surface area contributed by atoms with Crippen LogP contribution in [0.2, 0.25) is 0 Å². The summed E-state index contributed by atoms with van der Waals surface area (Å²) in [5.41, 5.74) is 6.45. The number of nitrogens with two attached hydrogens (primary N) is 1. The minimum absolute atomic E-state index is 0.311. The van der Waals surface area contributed by atoms with Crippen LogP contribution in [-0.4, -0.2) is 42.0 Å². The van der Waals surface area contributed by atoms with Gasteiger partial charge in [0.05, 0.1) is 0 Å². The highest BCUT2D eigenvalue weighted by Crippen LogP contribution is 2.18. The molecule has 5 heteroatoms. The number of aromatic nitrogens is 1. The Balaban J connectivity index is 1.82. The van der Waals surface area contributed by atoms with Gasteiger partial charge in [0.1, 0.15) is 5.69 Å². The summed E-state index contributed by atoms with van der Waals surface area (Å²) in [7, 11) is 0. The van der Waals surface area contributed by atoms with Crippen LogP contribution in [0.1, 0.15) is 30.3 Å². The second kappa shape index (κ2) is 6.52. The van der Waals surface area contributed by atoms with E-state index in [1.165, 1.54) is 25.9 Å². The van der Waals surface area contributed by atoms with Crippen molar-refractivity contribution in [3.63, 3.8) is 0 Å². The zero-order valence-electron chi connectivity index (χ0n) is 11.4. The van der Waals surface area contributed by atoms with Gasteiger partial charge in [-0.1, -0.05) is 6.92 Å². The first kappa shape index (κ1) is 13.8. The summed E-state index contributed by atoms with van der Waals surface area (Å²) in [5, 5.41) is 3.38. The zero-order valence-corrected chi connectivity index (χ0v) is 11.4. The standard InChI is InChI=1S/C14H22N4O/c1-2-18-7-4-11(5-8-18)10-17-12-3-6-16-13(9-12)14(15)19/h3,6,9,11H,2,4-5,7-8,10H2,1H3,(H2,15,19)(H,16,17). The number of carbonyl (C=O) groups excluding carboxylic acids is 1. The second-order valence-corrected chi connectivity index (χ2v) is 5.05. The quantitative estimate of drug-likeness (QED) is 0.839. The predicted octanol–water partition coefficient (Wildman–Crippen LogP) is 1.32. The minimum Gasteiger partial charge on any atom is -0.385 e. The highest BCUT2D eigenvalue weighted by molar-refractivity contribution is 5.91. The van der Waals surface area contributed by atoms with E-state index in [1.54, 1.807) is 12.3 Å². The Hall–Kier alpha value is -1.62. The lowest BCUT2D eigenvalue weighted by Crippen LogP contribution is -2.35. The number of primary amides is 1. The molecule has 0 bridgehead atoms. The fraction of sp³-hybridized carbons (Fsp3) is 0.571. The van der Waals surface area contributed by atoms with Crippen molar-refractivity contribution in [2.45, 2.75) is 19.8 Å². The van der Waals surface area contributed by atoms with Gasteiger partial charge in [-0.3, -0.25) is 9.78 Å². The van der Waals surface area contributed by atoms with Crippen molar-refractivity contribution < 1.29 is 4.79 Å². The van der Waals surface area contributed by atoms with E-state index in [9.17, 15) is 4.79 Å². The van der Waals surface area contributed by atoms with Crippen molar-refractivity contribution in [2.24, 2.45) is 11.7 Å². The van der Waals surface area contributed by atoms with E-state index in [1.807, 2.05) is 6.07 Å². The minimum atomic E-state index is -0.486. The van der Waals surface area contributed by atoms with E-state index < -0.39 is 5.91 Å². The first-order chi connectivity index (χ1) is 9.19. The van der Waals surface area contributed by atoms with Crippen molar-refractivity contribution in [3.8, 4) is 0 Å². The normalized spacial score (nSPS) is 17.3. The molecule has 1 aromatic heterocycles. The summed E-state index contributed by atoms with van der Waals surface area (Å²) in [5.74, 6) is 0.216. The molecule has 1 saturated heterocycles. The molecule has 1 aliphatic rings. The molecule has 0 aliphatic carbocycles. The van der Waals surface area contributed by atoms with Gasteiger partial charge >= 0.3 is 0 Å². The number of piperidine rings is 1. The first-order valence-electron chi connectivity index (χ1n) is 6.91. The maximum Gasteiger partial charge on any atom is 0.267 e. The maximum absolute atomic E-state index is 11.1. The van der Waals surface area contributed by atoms with Crippen LogP contribution in [0.4, 0.5) is 5.69 Å². The van der Waals surface area contributed by atoms with Crippen molar-refractivity contribution in [3.05, 3.63) is 24.0 Å². The molecule has 1 amide bonds. The molecular formula is C14H22N4O. The summed E-state index contributed by atoms with van der Waals surface area (Å²) in [6, 6.07) is 3.58. The van der Waals surface area contributed by atoms with E-state index in [-0.39, 0.29) is 0 Å². The number of nitrogens with one attached hydrogen (secondary N) is 1. The predicted molar refractivity (Wildman–Crippen MR) is 76.1 cm³/mol. The molecule has 5 nitrogen and oxygen atoms in total. The lowest BCUT2D eigenvalue weighted by atomic mass is 9.97. The van der Waals surface area contributed by atoms with Crippen LogP contribution < -0.4 is 11.1 Å². The highest BCUT2D eigenvalue weighted by Gasteiger charge is 2.17. The van der Waals surface area contributed by atoms with Crippen LogP contribution >= 0.6 is 0 Å². The van der Waals surface area contributed by atoms with Crippen LogP contribution in [0, 0.1) is 5.92 Å². The number of anilines is 1. The van der Waals surface area contributed by atoms with Gasteiger partial charge in [0, 0.05) is 18.4 Å². The maximum atomic E-state index is 11.1. The molecule has 1 aromatic rings. The van der Waals surface area contributed by atoms with E-state index in [0.717, 1.165) is 18.8 Å². The highest BCUT2D eigenvalue weighted by atomic mass is 16.1. The topological polar surface area (TPSA) is 71.2 Å². The molecular weight excluding hydrogens is 240 g/mol. The Kier molecular flexibility index (Phi) is 4.74. The molecule has 3 N–H and O–H groups in total. The average Bonchev–Trinajstić information content (AvgIpc) is 2.46.